The van der Waals surface area contributed by atoms with Crippen molar-refractivity contribution in [2.24, 2.45) is 5.41 Å². The number of aliphatic hydroxyl groups excluding tert-OH is 1. The lowest BCUT2D eigenvalue weighted by molar-refractivity contribution is -0.133. The number of carbonyl (C=O) groups excluding carboxylic acids is 1. The smallest absolute Gasteiger partial charge is 0.233 e. The van der Waals surface area contributed by atoms with E-state index >= 15 is 0 Å². The summed E-state index contributed by atoms with van der Waals surface area (Å²) in [4.78, 5) is 14.9. The van der Waals surface area contributed by atoms with E-state index in [9.17, 15) is 9.90 Å². The van der Waals surface area contributed by atoms with Gasteiger partial charge in [-0.15, -0.1) is 0 Å². The summed E-state index contributed by atoms with van der Waals surface area (Å²) < 4.78 is 0. The van der Waals surface area contributed by atoms with Gasteiger partial charge < -0.3 is 10.0 Å². The normalized spacial score (nSPS) is 30.0. The number of piperidine rings is 1. The fourth-order valence-electron chi connectivity index (χ4n) is 3.75. The number of aliphatic hydroxyl groups is 1. The minimum absolute atomic E-state index is 0.200. The number of rotatable bonds is 1. The minimum Gasteiger partial charge on any atom is -0.393 e. The van der Waals surface area contributed by atoms with Crippen LogP contribution in [0.2, 0.25) is 5.02 Å². The molecule has 1 N–H and O–H groups in total. The van der Waals surface area contributed by atoms with Crippen LogP contribution in [-0.4, -0.2) is 23.7 Å². The Bertz CT molecular complexity index is 550. The van der Waals surface area contributed by atoms with Crippen molar-refractivity contribution in [2.75, 3.05) is 11.4 Å². The molecule has 4 heteroatoms. The highest BCUT2D eigenvalue weighted by atomic mass is 35.5. The second-order valence-electron chi connectivity index (χ2n) is 6.53. The number of carbonyl (C=O) groups is 1. The molecule has 1 aliphatic carbocycles. The molecule has 2 fully saturated rings. The number of aryl methyl sites for hydroxylation is 1. The molecule has 0 aromatic heterocycles. The Labute approximate surface area is 130 Å². The summed E-state index contributed by atoms with van der Waals surface area (Å²) in [6, 6.07) is 5.86. The zero-order chi connectivity index (χ0) is 15.0. The molecule has 0 radical (unpaired) electrons. The Morgan fingerprint density at radius 3 is 2.67 bits per heavy atom. The monoisotopic (exact) mass is 307 g/mol. The number of hydrogen-bond acceptors (Lipinski definition) is 2. The average molecular weight is 308 g/mol. The lowest BCUT2D eigenvalue weighted by Crippen LogP contribution is -2.51. The molecule has 0 bridgehead atoms. The molecule has 1 aliphatic heterocycles. The molecule has 0 atom stereocenters. The van der Waals surface area contributed by atoms with Crippen molar-refractivity contribution in [3.8, 4) is 0 Å². The summed E-state index contributed by atoms with van der Waals surface area (Å²) in [6.07, 6.45) is 4.79. The topological polar surface area (TPSA) is 40.5 Å². The van der Waals surface area contributed by atoms with Crippen molar-refractivity contribution < 1.29 is 9.90 Å². The van der Waals surface area contributed by atoms with E-state index in [0.29, 0.717) is 5.02 Å². The van der Waals surface area contributed by atoms with E-state index in [1.54, 1.807) is 0 Å². The standard InChI is InChI=1S/C17H22ClNO2/c1-12-3-4-15(14(18)11-12)19-10-2-7-17(16(19)21)8-5-13(20)6-9-17/h3-4,11,13,20H,2,5-10H2,1H3. The van der Waals surface area contributed by atoms with Gasteiger partial charge in [0, 0.05) is 6.54 Å². The van der Waals surface area contributed by atoms with Crippen molar-refractivity contribution in [1.82, 2.24) is 0 Å². The first kappa shape index (κ1) is 14.9. The van der Waals surface area contributed by atoms with E-state index in [2.05, 4.69) is 0 Å². The largest absolute Gasteiger partial charge is 0.393 e. The number of anilines is 1. The molecule has 1 aromatic carbocycles. The lowest BCUT2D eigenvalue weighted by Gasteiger charge is -2.45. The first-order valence-corrected chi connectivity index (χ1v) is 8.16. The molecule has 1 saturated heterocycles. The predicted molar refractivity (Wildman–Crippen MR) is 84.7 cm³/mol. The van der Waals surface area contributed by atoms with E-state index in [1.165, 1.54) is 0 Å². The molecule has 1 saturated carbocycles. The third-order valence-electron chi connectivity index (χ3n) is 5.04. The first-order chi connectivity index (χ1) is 10.0. The molecule has 1 heterocycles. The van der Waals surface area contributed by atoms with Gasteiger partial charge in [-0.25, -0.2) is 0 Å². The molecule has 21 heavy (non-hydrogen) atoms. The summed E-state index contributed by atoms with van der Waals surface area (Å²) in [7, 11) is 0. The van der Waals surface area contributed by atoms with Gasteiger partial charge in [0.25, 0.3) is 0 Å². The summed E-state index contributed by atoms with van der Waals surface area (Å²) in [5.74, 6) is 0.200. The summed E-state index contributed by atoms with van der Waals surface area (Å²) >= 11 is 6.34. The SMILES string of the molecule is Cc1ccc(N2CCCC3(CCC(O)CC3)C2=O)c(Cl)c1. The van der Waals surface area contributed by atoms with Gasteiger partial charge in [0.15, 0.2) is 0 Å². The summed E-state index contributed by atoms with van der Waals surface area (Å²) in [6.45, 7) is 2.74. The predicted octanol–water partition coefficient (Wildman–Crippen LogP) is 3.70. The van der Waals surface area contributed by atoms with Crippen LogP contribution >= 0.6 is 11.6 Å². The minimum atomic E-state index is -0.272. The number of halogens is 1. The van der Waals surface area contributed by atoms with Crippen molar-refractivity contribution in [2.45, 2.75) is 51.6 Å². The molecule has 3 rings (SSSR count). The Kier molecular flexibility index (Phi) is 3.98. The van der Waals surface area contributed by atoms with E-state index in [0.717, 1.165) is 56.3 Å². The Hall–Kier alpha value is -1.06. The van der Waals surface area contributed by atoms with Crippen molar-refractivity contribution >= 4 is 23.2 Å². The van der Waals surface area contributed by atoms with E-state index in [1.807, 2.05) is 30.0 Å². The van der Waals surface area contributed by atoms with Crippen LogP contribution in [0.1, 0.15) is 44.1 Å². The second-order valence-corrected chi connectivity index (χ2v) is 6.93. The lowest BCUT2D eigenvalue weighted by atomic mass is 9.68. The van der Waals surface area contributed by atoms with Crippen LogP contribution in [0.3, 0.4) is 0 Å². The summed E-state index contributed by atoms with van der Waals surface area (Å²) in [5, 5.41) is 10.4. The van der Waals surface area contributed by atoms with Crippen molar-refractivity contribution in [1.29, 1.82) is 0 Å². The van der Waals surface area contributed by atoms with Crippen LogP contribution in [0.5, 0.6) is 0 Å². The fourth-order valence-corrected chi connectivity index (χ4v) is 4.09. The van der Waals surface area contributed by atoms with Gasteiger partial charge >= 0.3 is 0 Å². The molecule has 1 aromatic rings. The van der Waals surface area contributed by atoms with Gasteiger partial charge in [0.1, 0.15) is 0 Å². The van der Waals surface area contributed by atoms with E-state index in [4.69, 9.17) is 11.6 Å². The molecule has 0 unspecified atom stereocenters. The van der Waals surface area contributed by atoms with Gasteiger partial charge in [-0.1, -0.05) is 17.7 Å². The molecule has 2 aliphatic rings. The number of amides is 1. The fraction of sp³-hybridized carbons (Fsp3) is 0.588. The van der Waals surface area contributed by atoms with Gasteiger partial charge in [-0.2, -0.15) is 0 Å². The third kappa shape index (κ3) is 2.69. The molecular formula is C17H22ClNO2. The highest BCUT2D eigenvalue weighted by Gasteiger charge is 2.46. The summed E-state index contributed by atoms with van der Waals surface area (Å²) in [5.41, 5.74) is 1.66. The van der Waals surface area contributed by atoms with Crippen LogP contribution in [0.25, 0.3) is 0 Å². The highest BCUT2D eigenvalue weighted by Crippen LogP contribution is 2.46. The van der Waals surface area contributed by atoms with Crippen LogP contribution in [0, 0.1) is 12.3 Å². The molecule has 1 amide bonds. The Morgan fingerprint density at radius 1 is 1.29 bits per heavy atom. The van der Waals surface area contributed by atoms with Crippen LogP contribution in [-0.2, 0) is 4.79 Å². The molecular weight excluding hydrogens is 286 g/mol. The number of benzene rings is 1. The second kappa shape index (κ2) is 5.62. The first-order valence-electron chi connectivity index (χ1n) is 7.78. The van der Waals surface area contributed by atoms with E-state index in [-0.39, 0.29) is 17.4 Å². The van der Waals surface area contributed by atoms with E-state index < -0.39 is 0 Å². The van der Waals surface area contributed by atoms with Gasteiger partial charge in [0.2, 0.25) is 5.91 Å². The van der Waals surface area contributed by atoms with Gasteiger partial charge in [-0.3, -0.25) is 4.79 Å². The third-order valence-corrected chi connectivity index (χ3v) is 5.34. The molecule has 3 nitrogen and oxygen atoms in total. The maximum atomic E-state index is 13.0. The molecule has 1 spiro atoms. The number of nitrogens with zero attached hydrogens (tertiary/aromatic N) is 1. The van der Waals surface area contributed by atoms with Crippen LogP contribution in [0.15, 0.2) is 18.2 Å². The van der Waals surface area contributed by atoms with Gasteiger partial charge in [-0.05, 0) is 63.1 Å². The maximum Gasteiger partial charge on any atom is 0.233 e. The average Bonchev–Trinajstić information content (AvgIpc) is 2.46. The zero-order valence-electron chi connectivity index (χ0n) is 12.4. The zero-order valence-corrected chi connectivity index (χ0v) is 13.2. The Morgan fingerprint density at radius 2 is 2.00 bits per heavy atom. The van der Waals surface area contributed by atoms with Crippen LogP contribution in [0.4, 0.5) is 5.69 Å². The van der Waals surface area contributed by atoms with Crippen molar-refractivity contribution in [3.05, 3.63) is 28.8 Å². The Balaban J connectivity index is 1.88. The van der Waals surface area contributed by atoms with Crippen molar-refractivity contribution in [3.63, 3.8) is 0 Å². The van der Waals surface area contributed by atoms with Gasteiger partial charge in [0.05, 0.1) is 22.2 Å². The quantitative estimate of drug-likeness (QED) is 0.859. The molecule has 114 valence electrons. The number of hydrogen-bond donors (Lipinski definition) is 1. The van der Waals surface area contributed by atoms with Crippen LogP contribution < -0.4 is 4.90 Å². The highest BCUT2D eigenvalue weighted by molar-refractivity contribution is 6.34. The maximum absolute atomic E-state index is 13.0.